The van der Waals surface area contributed by atoms with E-state index in [9.17, 15) is 23.4 Å². The summed E-state index contributed by atoms with van der Waals surface area (Å²) in [5.74, 6) is -0.923. The maximum atomic E-state index is 12.5. The van der Waals surface area contributed by atoms with E-state index >= 15 is 0 Å². The first-order valence-electron chi connectivity index (χ1n) is 10.9. The standard InChI is InChI=1S/C22H40O6S/c1-5-6-15-22(2,3)20(24)14-13-17-18(23)16-29(26,27)19(17)11-9-7-8-10-12-21(25)28-4/h13-14,17-20,23-24H,5-12,15-16H2,1-4H3/b14-13+. The summed E-state index contributed by atoms with van der Waals surface area (Å²) in [6, 6.07) is 0. The number of esters is 1. The molecule has 0 aromatic rings. The van der Waals surface area contributed by atoms with Crippen molar-refractivity contribution in [2.45, 2.75) is 96.0 Å². The molecule has 1 heterocycles. The molecular formula is C22H40O6S. The molecule has 0 saturated carbocycles. The van der Waals surface area contributed by atoms with Gasteiger partial charge in [0.25, 0.3) is 0 Å². The monoisotopic (exact) mass is 432 g/mol. The molecule has 6 nitrogen and oxygen atoms in total. The average molecular weight is 433 g/mol. The Morgan fingerprint density at radius 3 is 2.48 bits per heavy atom. The van der Waals surface area contributed by atoms with Gasteiger partial charge in [-0.05, 0) is 24.7 Å². The van der Waals surface area contributed by atoms with Gasteiger partial charge >= 0.3 is 5.97 Å². The molecule has 0 aromatic heterocycles. The predicted octanol–water partition coefficient (Wildman–Crippen LogP) is 3.41. The van der Waals surface area contributed by atoms with Crippen LogP contribution in [0.2, 0.25) is 0 Å². The molecule has 0 spiro atoms. The third-order valence-electron chi connectivity index (χ3n) is 6.08. The number of hydrogen-bond acceptors (Lipinski definition) is 6. The molecule has 1 rings (SSSR count). The van der Waals surface area contributed by atoms with Crippen molar-refractivity contribution < 1.29 is 28.2 Å². The normalized spacial score (nSPS) is 25.4. The van der Waals surface area contributed by atoms with Gasteiger partial charge in [-0.15, -0.1) is 0 Å². The van der Waals surface area contributed by atoms with E-state index < -0.39 is 33.2 Å². The number of sulfone groups is 1. The second-order valence-electron chi connectivity index (χ2n) is 8.96. The van der Waals surface area contributed by atoms with Crippen molar-refractivity contribution in [2.24, 2.45) is 11.3 Å². The molecule has 1 fully saturated rings. The van der Waals surface area contributed by atoms with Gasteiger partial charge in [0.2, 0.25) is 0 Å². The van der Waals surface area contributed by atoms with E-state index in [0.717, 1.165) is 44.9 Å². The van der Waals surface area contributed by atoms with Crippen LogP contribution in [0.1, 0.15) is 78.6 Å². The SMILES string of the molecule is CCCCC(C)(C)C(O)/C=C/C1C(O)CS(=O)(=O)C1CCCCCCC(=O)OC. The van der Waals surface area contributed by atoms with Crippen molar-refractivity contribution in [2.75, 3.05) is 12.9 Å². The fraction of sp³-hybridized carbons (Fsp3) is 0.864. The highest BCUT2D eigenvalue weighted by Crippen LogP contribution is 2.34. The minimum absolute atomic E-state index is 0.218. The first kappa shape index (κ1) is 26.1. The van der Waals surface area contributed by atoms with Crippen molar-refractivity contribution in [3.05, 3.63) is 12.2 Å². The van der Waals surface area contributed by atoms with Crippen LogP contribution in [0.5, 0.6) is 0 Å². The van der Waals surface area contributed by atoms with Crippen molar-refractivity contribution in [3.63, 3.8) is 0 Å². The summed E-state index contributed by atoms with van der Waals surface area (Å²) in [5, 5.41) is 20.3. The topological polar surface area (TPSA) is 101 Å². The van der Waals surface area contributed by atoms with Crippen molar-refractivity contribution >= 4 is 15.8 Å². The average Bonchev–Trinajstić information content (AvgIpc) is 2.87. The molecule has 7 heteroatoms. The van der Waals surface area contributed by atoms with E-state index in [-0.39, 0.29) is 17.1 Å². The van der Waals surface area contributed by atoms with Gasteiger partial charge in [0, 0.05) is 12.3 Å². The summed E-state index contributed by atoms with van der Waals surface area (Å²) >= 11 is 0. The largest absolute Gasteiger partial charge is 0.469 e. The zero-order valence-electron chi connectivity index (χ0n) is 18.5. The highest BCUT2D eigenvalue weighted by atomic mass is 32.2. The number of aliphatic hydroxyl groups excluding tert-OH is 2. The lowest BCUT2D eigenvalue weighted by Gasteiger charge is -2.29. The van der Waals surface area contributed by atoms with Crippen LogP contribution < -0.4 is 0 Å². The molecule has 4 unspecified atom stereocenters. The fourth-order valence-electron chi connectivity index (χ4n) is 3.93. The molecule has 1 saturated heterocycles. The molecule has 0 aliphatic carbocycles. The Morgan fingerprint density at radius 1 is 1.21 bits per heavy atom. The van der Waals surface area contributed by atoms with Crippen molar-refractivity contribution in [3.8, 4) is 0 Å². The van der Waals surface area contributed by atoms with E-state index in [2.05, 4.69) is 11.7 Å². The molecule has 1 aliphatic heterocycles. The Morgan fingerprint density at radius 2 is 1.86 bits per heavy atom. The predicted molar refractivity (Wildman–Crippen MR) is 115 cm³/mol. The number of aliphatic hydroxyl groups is 2. The summed E-state index contributed by atoms with van der Waals surface area (Å²) in [4.78, 5) is 11.1. The summed E-state index contributed by atoms with van der Waals surface area (Å²) in [7, 11) is -1.98. The van der Waals surface area contributed by atoms with Gasteiger partial charge in [-0.1, -0.05) is 65.0 Å². The van der Waals surface area contributed by atoms with Crippen LogP contribution in [-0.4, -0.2) is 54.9 Å². The van der Waals surface area contributed by atoms with Crippen molar-refractivity contribution in [1.82, 2.24) is 0 Å². The maximum absolute atomic E-state index is 12.5. The van der Waals surface area contributed by atoms with E-state index in [0.29, 0.717) is 12.8 Å². The van der Waals surface area contributed by atoms with Gasteiger partial charge < -0.3 is 14.9 Å². The lowest BCUT2D eigenvalue weighted by atomic mass is 9.80. The van der Waals surface area contributed by atoms with Crippen LogP contribution in [0, 0.1) is 11.3 Å². The van der Waals surface area contributed by atoms with Crippen LogP contribution in [0.25, 0.3) is 0 Å². The molecule has 0 aromatic carbocycles. The van der Waals surface area contributed by atoms with Crippen LogP contribution in [0.3, 0.4) is 0 Å². The van der Waals surface area contributed by atoms with Gasteiger partial charge in [0.15, 0.2) is 9.84 Å². The van der Waals surface area contributed by atoms with E-state index in [1.807, 2.05) is 13.8 Å². The van der Waals surface area contributed by atoms with Gasteiger partial charge in [-0.2, -0.15) is 0 Å². The Bertz CT molecular complexity index is 625. The number of methoxy groups -OCH3 is 1. The van der Waals surface area contributed by atoms with Crippen LogP contribution in [0.15, 0.2) is 12.2 Å². The van der Waals surface area contributed by atoms with E-state index in [1.165, 1.54) is 7.11 Å². The lowest BCUT2D eigenvalue weighted by Crippen LogP contribution is -2.29. The first-order chi connectivity index (χ1) is 13.5. The van der Waals surface area contributed by atoms with Crippen molar-refractivity contribution in [1.29, 1.82) is 0 Å². The van der Waals surface area contributed by atoms with Crippen LogP contribution in [0.4, 0.5) is 0 Å². The number of carbonyl (C=O) groups is 1. The Labute approximate surface area is 176 Å². The zero-order valence-corrected chi connectivity index (χ0v) is 19.3. The summed E-state index contributed by atoms with van der Waals surface area (Å²) in [5.41, 5.74) is -0.288. The first-order valence-corrected chi connectivity index (χ1v) is 12.6. The lowest BCUT2D eigenvalue weighted by molar-refractivity contribution is -0.140. The van der Waals surface area contributed by atoms with E-state index in [1.54, 1.807) is 12.2 Å². The zero-order chi connectivity index (χ0) is 22.1. The molecule has 2 N–H and O–H groups in total. The van der Waals surface area contributed by atoms with E-state index in [4.69, 9.17) is 0 Å². The molecule has 1 aliphatic rings. The number of ether oxygens (including phenoxy) is 1. The highest BCUT2D eigenvalue weighted by molar-refractivity contribution is 7.92. The van der Waals surface area contributed by atoms with Crippen LogP contribution in [-0.2, 0) is 19.4 Å². The third kappa shape index (κ3) is 8.38. The molecule has 0 radical (unpaired) electrons. The highest BCUT2D eigenvalue weighted by Gasteiger charge is 2.44. The molecule has 170 valence electrons. The fourth-order valence-corrected chi connectivity index (χ4v) is 6.15. The molecule has 29 heavy (non-hydrogen) atoms. The van der Waals surface area contributed by atoms with Gasteiger partial charge in [0.05, 0.1) is 30.3 Å². The minimum atomic E-state index is -3.35. The molecule has 4 atom stereocenters. The Hall–Kier alpha value is -0.920. The number of carbonyl (C=O) groups excluding carboxylic acids is 1. The maximum Gasteiger partial charge on any atom is 0.305 e. The summed E-state index contributed by atoms with van der Waals surface area (Å²) in [6.07, 6.45) is 8.77. The van der Waals surface area contributed by atoms with Gasteiger partial charge in [-0.3, -0.25) is 4.79 Å². The second-order valence-corrected chi connectivity index (χ2v) is 11.2. The second kappa shape index (κ2) is 12.1. The molecule has 0 amide bonds. The molecule has 0 bridgehead atoms. The number of unbranched alkanes of at least 4 members (excludes halogenated alkanes) is 4. The van der Waals surface area contributed by atoms with Gasteiger partial charge in [0.1, 0.15) is 0 Å². The Kier molecular flexibility index (Phi) is 10.9. The smallest absolute Gasteiger partial charge is 0.305 e. The molecular weight excluding hydrogens is 392 g/mol. The third-order valence-corrected chi connectivity index (χ3v) is 8.35. The number of rotatable bonds is 13. The number of hydrogen-bond donors (Lipinski definition) is 2. The van der Waals surface area contributed by atoms with Gasteiger partial charge in [-0.25, -0.2) is 8.42 Å². The quantitative estimate of drug-likeness (QED) is 0.263. The summed E-state index contributed by atoms with van der Waals surface area (Å²) < 4.78 is 29.6. The summed E-state index contributed by atoms with van der Waals surface area (Å²) in [6.45, 7) is 6.12. The Balaban J connectivity index is 2.64. The van der Waals surface area contributed by atoms with Crippen LogP contribution >= 0.6 is 0 Å². The minimum Gasteiger partial charge on any atom is -0.469 e.